The lowest BCUT2D eigenvalue weighted by atomic mass is 10.2. The molecule has 0 atom stereocenters. The van der Waals surface area contributed by atoms with Gasteiger partial charge < -0.3 is 14.7 Å². The molecule has 0 amide bonds. The molecule has 1 N–H and O–H groups in total. The molecule has 0 aliphatic rings. The van der Waals surface area contributed by atoms with E-state index < -0.39 is 5.97 Å². The highest BCUT2D eigenvalue weighted by molar-refractivity contribution is 9.10. The number of nitrogens with zero attached hydrogens (tertiary/aromatic N) is 1. The number of rotatable bonds is 6. The van der Waals surface area contributed by atoms with Crippen LogP contribution in [-0.4, -0.2) is 43.2 Å². The molecule has 0 aliphatic carbocycles. The largest absolute Gasteiger partial charge is 0.493 e. The van der Waals surface area contributed by atoms with Crippen LogP contribution in [0, 0.1) is 0 Å². The van der Waals surface area contributed by atoms with Gasteiger partial charge in [-0.25, -0.2) is 4.79 Å². The highest BCUT2D eigenvalue weighted by Crippen LogP contribution is 2.23. The molecule has 94 valence electrons. The minimum Gasteiger partial charge on any atom is -0.493 e. The first-order valence-corrected chi connectivity index (χ1v) is 6.10. The normalized spacial score (nSPS) is 10.6. The van der Waals surface area contributed by atoms with Gasteiger partial charge in [-0.1, -0.05) is 15.9 Å². The summed E-state index contributed by atoms with van der Waals surface area (Å²) >= 11 is 3.30. The molecule has 0 bridgehead atoms. The lowest BCUT2D eigenvalue weighted by molar-refractivity contribution is 0.0692. The highest BCUT2D eigenvalue weighted by Gasteiger charge is 2.11. The van der Waals surface area contributed by atoms with Crippen molar-refractivity contribution in [2.24, 2.45) is 0 Å². The van der Waals surface area contributed by atoms with E-state index in [1.54, 1.807) is 12.1 Å². The summed E-state index contributed by atoms with van der Waals surface area (Å²) in [6.07, 6.45) is 0.860. The summed E-state index contributed by atoms with van der Waals surface area (Å²) < 4.78 is 6.30. The molecule has 0 saturated carbocycles. The molecule has 17 heavy (non-hydrogen) atoms. The predicted molar refractivity (Wildman–Crippen MR) is 69.8 cm³/mol. The second-order valence-electron chi connectivity index (χ2n) is 3.95. The van der Waals surface area contributed by atoms with Gasteiger partial charge in [0, 0.05) is 11.0 Å². The summed E-state index contributed by atoms with van der Waals surface area (Å²) in [5, 5.41) is 9.00. The number of carboxylic acids is 1. The van der Waals surface area contributed by atoms with Crippen molar-refractivity contribution in [3.05, 3.63) is 28.2 Å². The summed E-state index contributed by atoms with van der Waals surface area (Å²) in [6.45, 7) is 1.42. The Balaban J connectivity index is 2.62. The number of hydrogen-bond acceptors (Lipinski definition) is 3. The minimum absolute atomic E-state index is 0.193. The lowest BCUT2D eigenvalue weighted by Crippen LogP contribution is -2.16. The van der Waals surface area contributed by atoms with Crippen molar-refractivity contribution >= 4 is 21.9 Å². The van der Waals surface area contributed by atoms with E-state index in [1.165, 1.54) is 6.07 Å². The maximum atomic E-state index is 11.0. The van der Waals surface area contributed by atoms with Crippen LogP contribution in [0.4, 0.5) is 0 Å². The molecule has 4 nitrogen and oxygen atoms in total. The van der Waals surface area contributed by atoms with Crippen LogP contribution in [0.1, 0.15) is 16.8 Å². The molecule has 1 aromatic carbocycles. The van der Waals surface area contributed by atoms with Crippen molar-refractivity contribution < 1.29 is 14.6 Å². The van der Waals surface area contributed by atoms with Gasteiger partial charge in [0.15, 0.2) is 0 Å². The summed E-state index contributed by atoms with van der Waals surface area (Å²) in [5.41, 5.74) is 0.193. The monoisotopic (exact) mass is 301 g/mol. The Kier molecular flexibility index (Phi) is 5.44. The Morgan fingerprint density at radius 3 is 2.76 bits per heavy atom. The first-order chi connectivity index (χ1) is 8.00. The van der Waals surface area contributed by atoms with Gasteiger partial charge in [0.2, 0.25) is 0 Å². The third kappa shape index (κ3) is 4.75. The number of carboxylic acid groups (broad SMARTS) is 1. The van der Waals surface area contributed by atoms with Gasteiger partial charge in [-0.3, -0.25) is 0 Å². The fraction of sp³-hybridized carbons (Fsp3) is 0.417. The van der Waals surface area contributed by atoms with Crippen LogP contribution in [0.2, 0.25) is 0 Å². The summed E-state index contributed by atoms with van der Waals surface area (Å²) in [6, 6.07) is 4.91. The molecule has 0 heterocycles. The fourth-order valence-electron chi connectivity index (χ4n) is 1.36. The van der Waals surface area contributed by atoms with Crippen molar-refractivity contribution in [1.82, 2.24) is 4.90 Å². The standard InChI is InChI=1S/C12H16BrNO3/c1-14(2)6-3-7-17-11-8-9(13)4-5-10(11)12(15)16/h4-5,8H,3,6-7H2,1-2H3,(H,15,16). The second kappa shape index (κ2) is 6.61. The van der Waals surface area contributed by atoms with E-state index in [9.17, 15) is 4.79 Å². The smallest absolute Gasteiger partial charge is 0.339 e. The first kappa shape index (κ1) is 14.0. The van der Waals surface area contributed by atoms with Crippen molar-refractivity contribution in [2.75, 3.05) is 27.2 Å². The number of hydrogen-bond donors (Lipinski definition) is 1. The molecule has 0 radical (unpaired) electrons. The average Bonchev–Trinajstić information content (AvgIpc) is 2.23. The van der Waals surface area contributed by atoms with Crippen LogP contribution < -0.4 is 4.74 Å². The Labute approximate surface area is 109 Å². The van der Waals surface area contributed by atoms with Crippen molar-refractivity contribution in [1.29, 1.82) is 0 Å². The zero-order valence-electron chi connectivity index (χ0n) is 9.94. The summed E-state index contributed by atoms with van der Waals surface area (Å²) in [4.78, 5) is 13.0. The molecule has 0 aromatic heterocycles. The van der Waals surface area contributed by atoms with Crippen LogP contribution in [0.3, 0.4) is 0 Å². The molecule has 0 unspecified atom stereocenters. The van der Waals surface area contributed by atoms with E-state index in [-0.39, 0.29) is 5.56 Å². The van der Waals surface area contributed by atoms with Gasteiger partial charge in [0.1, 0.15) is 11.3 Å². The van der Waals surface area contributed by atoms with Crippen LogP contribution >= 0.6 is 15.9 Å². The fourth-order valence-corrected chi connectivity index (χ4v) is 1.70. The molecular weight excluding hydrogens is 286 g/mol. The van der Waals surface area contributed by atoms with E-state index in [1.807, 2.05) is 14.1 Å². The van der Waals surface area contributed by atoms with Gasteiger partial charge in [-0.05, 0) is 38.7 Å². The maximum absolute atomic E-state index is 11.0. The molecule has 0 saturated heterocycles. The van der Waals surface area contributed by atoms with E-state index >= 15 is 0 Å². The maximum Gasteiger partial charge on any atom is 0.339 e. The molecule has 1 aromatic rings. The third-order valence-corrected chi connectivity index (χ3v) is 2.67. The predicted octanol–water partition coefficient (Wildman–Crippen LogP) is 2.48. The minimum atomic E-state index is -0.972. The Morgan fingerprint density at radius 1 is 1.47 bits per heavy atom. The zero-order chi connectivity index (χ0) is 12.8. The van der Waals surface area contributed by atoms with E-state index in [4.69, 9.17) is 9.84 Å². The van der Waals surface area contributed by atoms with Crippen LogP contribution in [0.5, 0.6) is 5.75 Å². The van der Waals surface area contributed by atoms with Gasteiger partial charge >= 0.3 is 5.97 Å². The van der Waals surface area contributed by atoms with Crippen LogP contribution in [-0.2, 0) is 0 Å². The third-order valence-electron chi connectivity index (χ3n) is 2.18. The Bertz CT molecular complexity index is 393. The topological polar surface area (TPSA) is 49.8 Å². The van der Waals surface area contributed by atoms with Gasteiger partial charge in [0.05, 0.1) is 6.61 Å². The van der Waals surface area contributed by atoms with Crippen molar-refractivity contribution in [2.45, 2.75) is 6.42 Å². The lowest BCUT2D eigenvalue weighted by Gasteiger charge is -2.12. The molecule has 0 spiro atoms. The average molecular weight is 302 g/mol. The van der Waals surface area contributed by atoms with Crippen LogP contribution in [0.15, 0.2) is 22.7 Å². The van der Waals surface area contributed by atoms with Crippen molar-refractivity contribution in [3.8, 4) is 5.75 Å². The van der Waals surface area contributed by atoms with E-state index in [0.29, 0.717) is 12.4 Å². The first-order valence-electron chi connectivity index (χ1n) is 5.31. The number of halogens is 1. The second-order valence-corrected chi connectivity index (χ2v) is 4.87. The molecular formula is C12H16BrNO3. The summed E-state index contributed by atoms with van der Waals surface area (Å²) in [7, 11) is 3.98. The molecule has 1 rings (SSSR count). The van der Waals surface area contributed by atoms with Gasteiger partial charge in [0.25, 0.3) is 0 Å². The number of aromatic carboxylic acids is 1. The molecule has 5 heteroatoms. The Morgan fingerprint density at radius 2 is 2.18 bits per heavy atom. The number of ether oxygens (including phenoxy) is 1. The van der Waals surface area contributed by atoms with Crippen LogP contribution in [0.25, 0.3) is 0 Å². The molecule has 0 fully saturated rings. The van der Waals surface area contributed by atoms with Crippen molar-refractivity contribution in [3.63, 3.8) is 0 Å². The number of carbonyl (C=O) groups is 1. The molecule has 0 aliphatic heterocycles. The SMILES string of the molecule is CN(C)CCCOc1cc(Br)ccc1C(=O)O. The van der Waals surface area contributed by atoms with Gasteiger partial charge in [-0.2, -0.15) is 0 Å². The highest BCUT2D eigenvalue weighted by atomic mass is 79.9. The Hall–Kier alpha value is -1.07. The quantitative estimate of drug-likeness (QED) is 0.820. The van der Waals surface area contributed by atoms with Gasteiger partial charge in [-0.15, -0.1) is 0 Å². The zero-order valence-corrected chi connectivity index (χ0v) is 11.5. The number of benzene rings is 1. The summed E-state index contributed by atoms with van der Waals surface area (Å²) in [5.74, 6) is -0.564. The van der Waals surface area contributed by atoms with E-state index in [0.717, 1.165) is 17.4 Å². The van der Waals surface area contributed by atoms with E-state index in [2.05, 4.69) is 20.8 Å².